The molecule has 0 bridgehead atoms. The minimum atomic E-state index is -0.218. The highest BCUT2D eigenvalue weighted by Gasteiger charge is 2.34. The monoisotopic (exact) mass is 322 g/mol. The number of amides is 1. The van der Waals surface area contributed by atoms with Crippen LogP contribution in [0.2, 0.25) is 0 Å². The van der Waals surface area contributed by atoms with Crippen molar-refractivity contribution < 1.29 is 9.53 Å². The molecule has 0 aromatic carbocycles. The lowest BCUT2D eigenvalue weighted by molar-refractivity contribution is -0.137. The molecule has 1 fully saturated rings. The van der Waals surface area contributed by atoms with Crippen LogP contribution in [0.5, 0.6) is 0 Å². The highest BCUT2D eigenvalue weighted by molar-refractivity contribution is 7.10. The fraction of sp³-hybridized carbons (Fsp3) is 0.400. The molecule has 1 aliphatic rings. The van der Waals surface area contributed by atoms with Crippen LogP contribution in [0.15, 0.2) is 35.0 Å². The van der Waals surface area contributed by atoms with Crippen LogP contribution in [0.1, 0.15) is 9.75 Å². The minimum absolute atomic E-state index is 0.0989. The van der Waals surface area contributed by atoms with E-state index in [4.69, 9.17) is 10.5 Å². The van der Waals surface area contributed by atoms with E-state index < -0.39 is 0 Å². The van der Waals surface area contributed by atoms with E-state index in [1.165, 1.54) is 9.75 Å². The lowest BCUT2D eigenvalue weighted by atomic mass is 10.0. The Morgan fingerprint density at radius 3 is 2.24 bits per heavy atom. The maximum absolute atomic E-state index is 12.8. The van der Waals surface area contributed by atoms with Crippen molar-refractivity contribution in [2.24, 2.45) is 11.7 Å². The zero-order valence-corrected chi connectivity index (χ0v) is 13.2. The summed E-state index contributed by atoms with van der Waals surface area (Å²) in [6.07, 6.45) is 0. The van der Waals surface area contributed by atoms with Crippen LogP contribution in [-0.2, 0) is 22.6 Å². The molecule has 21 heavy (non-hydrogen) atoms. The van der Waals surface area contributed by atoms with E-state index in [1.54, 1.807) is 22.7 Å². The van der Waals surface area contributed by atoms with Crippen LogP contribution in [0, 0.1) is 5.92 Å². The van der Waals surface area contributed by atoms with E-state index in [0.717, 1.165) is 0 Å². The summed E-state index contributed by atoms with van der Waals surface area (Å²) in [4.78, 5) is 17.1. The lowest BCUT2D eigenvalue weighted by Gasteiger charge is -2.25. The van der Waals surface area contributed by atoms with Crippen LogP contribution in [0.3, 0.4) is 0 Å². The molecule has 2 aromatic heterocycles. The number of rotatable bonds is 5. The van der Waals surface area contributed by atoms with Crippen LogP contribution in [-0.4, -0.2) is 30.1 Å². The first-order valence-corrected chi connectivity index (χ1v) is 8.67. The average molecular weight is 322 g/mol. The second kappa shape index (κ2) is 6.70. The molecule has 3 rings (SSSR count). The number of thiophene rings is 2. The van der Waals surface area contributed by atoms with Gasteiger partial charge in [0, 0.05) is 15.8 Å². The van der Waals surface area contributed by atoms with Crippen molar-refractivity contribution in [1.82, 2.24) is 4.90 Å². The van der Waals surface area contributed by atoms with E-state index >= 15 is 0 Å². The predicted molar refractivity (Wildman–Crippen MR) is 85.2 cm³/mol. The number of hydrogen-bond donors (Lipinski definition) is 1. The minimum Gasteiger partial charge on any atom is -0.379 e. The molecule has 0 radical (unpaired) electrons. The highest BCUT2D eigenvalue weighted by Crippen LogP contribution is 2.22. The third kappa shape index (κ3) is 3.52. The zero-order chi connectivity index (χ0) is 14.7. The van der Waals surface area contributed by atoms with Gasteiger partial charge in [-0.25, -0.2) is 0 Å². The van der Waals surface area contributed by atoms with E-state index in [0.29, 0.717) is 26.3 Å². The first-order valence-electron chi connectivity index (χ1n) is 6.91. The molecule has 2 N–H and O–H groups in total. The molecular weight excluding hydrogens is 304 g/mol. The van der Waals surface area contributed by atoms with Gasteiger partial charge >= 0.3 is 0 Å². The quantitative estimate of drug-likeness (QED) is 0.919. The molecule has 2 aromatic rings. The Kier molecular flexibility index (Phi) is 4.70. The molecular formula is C15H18N2O2S2. The van der Waals surface area contributed by atoms with Crippen molar-refractivity contribution in [2.45, 2.75) is 19.1 Å². The topological polar surface area (TPSA) is 55.6 Å². The fourth-order valence-electron chi connectivity index (χ4n) is 2.45. The largest absolute Gasteiger partial charge is 0.379 e. The Hall–Kier alpha value is -1.21. The molecule has 3 heterocycles. The zero-order valence-electron chi connectivity index (χ0n) is 11.6. The molecule has 0 aliphatic carbocycles. The Labute approximate surface area is 132 Å². The second-order valence-electron chi connectivity index (χ2n) is 5.16. The second-order valence-corrected chi connectivity index (χ2v) is 7.23. The van der Waals surface area contributed by atoms with Crippen LogP contribution in [0.4, 0.5) is 0 Å². The number of ether oxygens (including phenoxy) is 1. The number of nitrogens with zero attached hydrogens (tertiary/aromatic N) is 1. The molecule has 2 unspecified atom stereocenters. The van der Waals surface area contributed by atoms with Gasteiger partial charge < -0.3 is 15.4 Å². The molecule has 1 aliphatic heterocycles. The lowest BCUT2D eigenvalue weighted by Crippen LogP contribution is -2.42. The van der Waals surface area contributed by atoms with Gasteiger partial charge in [-0.05, 0) is 22.9 Å². The van der Waals surface area contributed by atoms with Gasteiger partial charge in [-0.2, -0.15) is 0 Å². The SMILES string of the molecule is NC1COCC1C(=O)N(Cc1cccs1)Cc1cccs1. The fourth-order valence-corrected chi connectivity index (χ4v) is 3.89. The molecule has 112 valence electrons. The van der Waals surface area contributed by atoms with E-state index in [9.17, 15) is 4.79 Å². The van der Waals surface area contributed by atoms with Crippen molar-refractivity contribution in [3.05, 3.63) is 44.8 Å². The predicted octanol–water partition coefficient (Wildman–Crippen LogP) is 2.31. The molecule has 1 amide bonds. The summed E-state index contributed by atoms with van der Waals surface area (Å²) >= 11 is 3.34. The standard InChI is InChI=1S/C15H18N2O2S2/c16-14-10-19-9-13(14)15(18)17(7-11-3-1-5-20-11)8-12-4-2-6-21-12/h1-6,13-14H,7-10,16H2. The number of nitrogens with two attached hydrogens (primary N) is 1. The normalized spacial score (nSPS) is 21.6. The van der Waals surface area contributed by atoms with Gasteiger partial charge in [0.2, 0.25) is 5.91 Å². The number of carbonyl (C=O) groups is 1. The van der Waals surface area contributed by atoms with Gasteiger partial charge in [0.25, 0.3) is 0 Å². The summed E-state index contributed by atoms with van der Waals surface area (Å²) in [6, 6.07) is 7.96. The van der Waals surface area contributed by atoms with Crippen LogP contribution >= 0.6 is 22.7 Å². The molecule has 0 spiro atoms. The van der Waals surface area contributed by atoms with Gasteiger partial charge in [0.15, 0.2) is 0 Å². The maximum Gasteiger partial charge on any atom is 0.230 e. The van der Waals surface area contributed by atoms with Crippen LogP contribution in [0.25, 0.3) is 0 Å². The van der Waals surface area contributed by atoms with Gasteiger partial charge in [0.05, 0.1) is 32.2 Å². The summed E-state index contributed by atoms with van der Waals surface area (Å²) in [7, 11) is 0. The summed E-state index contributed by atoms with van der Waals surface area (Å²) in [5.41, 5.74) is 6.00. The van der Waals surface area contributed by atoms with Crippen LogP contribution < -0.4 is 5.73 Å². The van der Waals surface area contributed by atoms with Gasteiger partial charge in [0.1, 0.15) is 0 Å². The number of hydrogen-bond acceptors (Lipinski definition) is 5. The van der Waals surface area contributed by atoms with E-state index in [2.05, 4.69) is 12.1 Å². The molecule has 1 saturated heterocycles. The van der Waals surface area contributed by atoms with Gasteiger partial charge in [-0.1, -0.05) is 12.1 Å². The Bertz CT molecular complexity index is 532. The van der Waals surface area contributed by atoms with Gasteiger partial charge in [-0.15, -0.1) is 22.7 Å². The Balaban J connectivity index is 1.75. The Morgan fingerprint density at radius 1 is 1.19 bits per heavy atom. The molecule has 2 atom stereocenters. The smallest absolute Gasteiger partial charge is 0.230 e. The maximum atomic E-state index is 12.8. The summed E-state index contributed by atoms with van der Waals surface area (Å²) in [5, 5.41) is 4.07. The van der Waals surface area contributed by atoms with Crippen molar-refractivity contribution in [1.29, 1.82) is 0 Å². The van der Waals surface area contributed by atoms with Crippen molar-refractivity contribution >= 4 is 28.6 Å². The van der Waals surface area contributed by atoms with Crippen molar-refractivity contribution in [3.8, 4) is 0 Å². The summed E-state index contributed by atoms with van der Waals surface area (Å²) in [6.45, 7) is 2.18. The third-order valence-electron chi connectivity index (χ3n) is 3.61. The molecule has 0 saturated carbocycles. The van der Waals surface area contributed by atoms with E-state index in [-0.39, 0.29) is 17.9 Å². The third-order valence-corrected chi connectivity index (χ3v) is 5.33. The van der Waals surface area contributed by atoms with Gasteiger partial charge in [-0.3, -0.25) is 4.79 Å². The van der Waals surface area contributed by atoms with E-state index in [1.807, 2.05) is 27.8 Å². The summed E-state index contributed by atoms with van der Waals surface area (Å²) < 4.78 is 5.34. The average Bonchev–Trinajstić information content (AvgIpc) is 3.19. The highest BCUT2D eigenvalue weighted by atomic mass is 32.1. The van der Waals surface area contributed by atoms with Crippen molar-refractivity contribution in [2.75, 3.05) is 13.2 Å². The molecule has 4 nitrogen and oxygen atoms in total. The number of carbonyl (C=O) groups excluding carboxylic acids is 1. The first kappa shape index (κ1) is 14.7. The Morgan fingerprint density at radius 2 is 1.81 bits per heavy atom. The molecule has 6 heteroatoms. The van der Waals surface area contributed by atoms with Crippen molar-refractivity contribution in [3.63, 3.8) is 0 Å². The summed E-state index contributed by atoms with van der Waals surface area (Å²) in [5.74, 6) is -0.119. The first-order chi connectivity index (χ1) is 10.2.